The van der Waals surface area contributed by atoms with Crippen LogP contribution in [0.1, 0.15) is 26.2 Å². The van der Waals surface area contributed by atoms with Gasteiger partial charge in [-0.05, 0) is 50.1 Å². The Labute approximate surface area is 228 Å². The van der Waals surface area contributed by atoms with E-state index in [0.29, 0.717) is 53.3 Å². The maximum absolute atomic E-state index is 14.1. The van der Waals surface area contributed by atoms with Gasteiger partial charge in [0.15, 0.2) is 5.13 Å². The summed E-state index contributed by atoms with van der Waals surface area (Å²) in [5.41, 5.74) is 0.683. The van der Waals surface area contributed by atoms with Crippen LogP contribution in [0.25, 0.3) is 10.2 Å². The smallest absolute Gasteiger partial charge is 0.253 e. The molecule has 4 aromatic rings. The maximum Gasteiger partial charge on any atom is 0.253 e. The Bertz CT molecular complexity index is 1490. The highest BCUT2D eigenvalue weighted by Crippen LogP contribution is 2.36. The molecule has 196 valence electrons. The van der Waals surface area contributed by atoms with Gasteiger partial charge in [-0.3, -0.25) is 14.4 Å². The van der Waals surface area contributed by atoms with Gasteiger partial charge in [0, 0.05) is 25.5 Å². The number of para-hydroxylation sites is 1. The molecule has 37 heavy (non-hydrogen) atoms. The summed E-state index contributed by atoms with van der Waals surface area (Å²) in [6.07, 6.45) is 5.39. The number of aromatic nitrogens is 3. The summed E-state index contributed by atoms with van der Waals surface area (Å²) in [7, 11) is -3.88. The number of benzene rings is 1. The third-order valence-corrected chi connectivity index (χ3v) is 10.8. The number of nitrogens with zero attached hydrogens (tertiary/aromatic N) is 5. The third-order valence-electron chi connectivity index (χ3n) is 6.13. The van der Waals surface area contributed by atoms with Crippen LogP contribution in [0.4, 0.5) is 5.13 Å². The van der Waals surface area contributed by atoms with E-state index in [2.05, 4.69) is 5.10 Å². The fraction of sp³-hybridized carbons (Fsp3) is 0.375. The summed E-state index contributed by atoms with van der Waals surface area (Å²) < 4.78 is 37.3. The number of amides is 1. The molecule has 0 aliphatic carbocycles. The number of piperidine rings is 1. The van der Waals surface area contributed by atoms with E-state index < -0.39 is 16.1 Å². The molecular formula is C24H26ClN5O4S3. The molecule has 0 saturated carbocycles. The standard InChI is InChI=1S/C24H26ClN5O4S3/c1-2-34-18-8-5-9-19-22(18)27-24(35-19)29(16-15-28-13-6-12-26-28)23(31)17-7-3-4-14-30(17)37(32,33)21-11-10-20(25)36-21/h5-6,8-13,17H,2-4,7,14-16H2,1H3. The van der Waals surface area contributed by atoms with Gasteiger partial charge in [-0.25, -0.2) is 13.4 Å². The predicted molar refractivity (Wildman–Crippen MR) is 146 cm³/mol. The maximum atomic E-state index is 14.1. The van der Waals surface area contributed by atoms with Gasteiger partial charge >= 0.3 is 0 Å². The Morgan fingerprint density at radius 1 is 1.22 bits per heavy atom. The first kappa shape index (κ1) is 26.1. The largest absolute Gasteiger partial charge is 0.492 e. The SMILES string of the molecule is CCOc1cccc2sc(N(CCn3cccn3)C(=O)C3CCCCN3S(=O)(=O)c3ccc(Cl)s3)nc12. The highest BCUT2D eigenvalue weighted by Gasteiger charge is 2.41. The summed E-state index contributed by atoms with van der Waals surface area (Å²) in [4.78, 5) is 20.5. The summed E-state index contributed by atoms with van der Waals surface area (Å²) >= 11 is 8.42. The van der Waals surface area contributed by atoms with Gasteiger partial charge in [-0.2, -0.15) is 9.40 Å². The van der Waals surface area contributed by atoms with Gasteiger partial charge < -0.3 is 4.74 Å². The zero-order valence-electron chi connectivity index (χ0n) is 20.1. The molecule has 1 amide bonds. The van der Waals surface area contributed by atoms with Gasteiger partial charge in [0.25, 0.3) is 10.0 Å². The first-order chi connectivity index (χ1) is 17.9. The topological polar surface area (TPSA) is 97.6 Å². The molecule has 0 N–H and O–H groups in total. The van der Waals surface area contributed by atoms with E-state index in [4.69, 9.17) is 21.3 Å². The second-order valence-electron chi connectivity index (χ2n) is 8.48. The summed E-state index contributed by atoms with van der Waals surface area (Å²) in [5.74, 6) is 0.355. The number of ether oxygens (including phenoxy) is 1. The second-order valence-corrected chi connectivity index (χ2v) is 13.3. The molecule has 4 heterocycles. The number of anilines is 1. The Hall–Kier alpha value is -2.51. The van der Waals surface area contributed by atoms with Gasteiger partial charge in [0.1, 0.15) is 21.5 Å². The molecular weight excluding hydrogens is 554 g/mol. The van der Waals surface area contributed by atoms with E-state index in [0.717, 1.165) is 22.5 Å². The number of halogens is 1. The van der Waals surface area contributed by atoms with Crippen molar-refractivity contribution >= 4 is 65.6 Å². The molecule has 1 aliphatic heterocycles. The van der Waals surface area contributed by atoms with E-state index >= 15 is 0 Å². The van der Waals surface area contributed by atoms with E-state index in [-0.39, 0.29) is 16.7 Å². The Morgan fingerprint density at radius 3 is 2.81 bits per heavy atom. The zero-order valence-corrected chi connectivity index (χ0v) is 23.3. The molecule has 1 unspecified atom stereocenters. The number of thiophene rings is 1. The number of rotatable bonds is 9. The Morgan fingerprint density at radius 2 is 2.08 bits per heavy atom. The molecule has 0 radical (unpaired) electrons. The monoisotopic (exact) mass is 579 g/mol. The number of hydrogen-bond donors (Lipinski definition) is 0. The van der Waals surface area contributed by atoms with Crippen molar-refractivity contribution in [3.63, 3.8) is 0 Å². The highest BCUT2D eigenvalue weighted by molar-refractivity contribution is 7.91. The molecule has 0 spiro atoms. The van der Waals surface area contributed by atoms with E-state index in [1.54, 1.807) is 21.8 Å². The number of fused-ring (bicyclic) bond motifs is 1. The lowest BCUT2D eigenvalue weighted by Crippen LogP contribution is -2.53. The first-order valence-electron chi connectivity index (χ1n) is 12.0. The van der Waals surface area contributed by atoms with Crippen LogP contribution in [0.2, 0.25) is 4.34 Å². The number of carbonyl (C=O) groups is 1. The number of carbonyl (C=O) groups excluding carboxylic acids is 1. The lowest BCUT2D eigenvalue weighted by atomic mass is 10.0. The molecule has 1 aliphatic rings. The van der Waals surface area contributed by atoms with Crippen molar-refractivity contribution in [2.24, 2.45) is 0 Å². The van der Waals surface area contributed by atoms with Crippen LogP contribution in [0.5, 0.6) is 5.75 Å². The molecule has 5 rings (SSSR count). The Kier molecular flexibility index (Phi) is 7.82. The van der Waals surface area contributed by atoms with Crippen molar-refractivity contribution in [2.45, 2.75) is 43.0 Å². The van der Waals surface area contributed by atoms with Crippen LogP contribution in [0.3, 0.4) is 0 Å². The Balaban J connectivity index is 1.51. The van der Waals surface area contributed by atoms with Crippen molar-refractivity contribution in [2.75, 3.05) is 24.6 Å². The van der Waals surface area contributed by atoms with Crippen molar-refractivity contribution in [3.05, 3.63) is 53.1 Å². The van der Waals surface area contributed by atoms with Crippen LogP contribution >= 0.6 is 34.3 Å². The van der Waals surface area contributed by atoms with Crippen molar-refractivity contribution in [1.82, 2.24) is 19.1 Å². The number of sulfonamides is 1. The van der Waals surface area contributed by atoms with Crippen molar-refractivity contribution in [3.8, 4) is 5.75 Å². The molecule has 0 bridgehead atoms. The number of thiazole rings is 1. The average molecular weight is 580 g/mol. The lowest BCUT2D eigenvalue weighted by molar-refractivity contribution is -0.123. The highest BCUT2D eigenvalue weighted by atomic mass is 35.5. The normalized spacial score (nSPS) is 16.8. The zero-order chi connectivity index (χ0) is 26.0. The minimum Gasteiger partial charge on any atom is -0.492 e. The second kappa shape index (κ2) is 11.1. The van der Waals surface area contributed by atoms with Crippen LogP contribution in [0, 0.1) is 0 Å². The molecule has 9 nitrogen and oxygen atoms in total. The lowest BCUT2D eigenvalue weighted by Gasteiger charge is -2.35. The molecule has 13 heteroatoms. The van der Waals surface area contributed by atoms with Crippen LogP contribution < -0.4 is 9.64 Å². The van der Waals surface area contributed by atoms with E-state index in [1.807, 2.05) is 37.4 Å². The van der Waals surface area contributed by atoms with Crippen LogP contribution in [-0.2, 0) is 21.4 Å². The number of hydrogen-bond acceptors (Lipinski definition) is 8. The minimum absolute atomic E-state index is 0.140. The van der Waals surface area contributed by atoms with Crippen molar-refractivity contribution in [1.29, 1.82) is 0 Å². The summed E-state index contributed by atoms with van der Waals surface area (Å²) in [5, 5.41) is 4.76. The van der Waals surface area contributed by atoms with Gasteiger partial charge in [-0.1, -0.05) is 35.4 Å². The average Bonchev–Trinajstić information content (AvgIpc) is 3.66. The van der Waals surface area contributed by atoms with Crippen LogP contribution in [0.15, 0.2) is 53.0 Å². The van der Waals surface area contributed by atoms with Gasteiger partial charge in [-0.15, -0.1) is 11.3 Å². The van der Waals surface area contributed by atoms with Crippen LogP contribution in [-0.4, -0.2) is 59.1 Å². The first-order valence-corrected chi connectivity index (χ1v) is 15.4. The molecule has 1 fully saturated rings. The van der Waals surface area contributed by atoms with Gasteiger partial charge in [0.05, 0.1) is 22.2 Å². The molecule has 1 aromatic carbocycles. The fourth-order valence-corrected chi connectivity index (χ4v) is 8.68. The summed E-state index contributed by atoms with van der Waals surface area (Å²) in [6.45, 7) is 3.41. The molecule has 3 aromatic heterocycles. The third kappa shape index (κ3) is 5.39. The molecule has 1 saturated heterocycles. The fourth-order valence-electron chi connectivity index (χ4n) is 4.41. The predicted octanol–water partition coefficient (Wildman–Crippen LogP) is 4.88. The molecule has 1 atom stereocenters. The van der Waals surface area contributed by atoms with Gasteiger partial charge in [0.2, 0.25) is 5.91 Å². The minimum atomic E-state index is -3.88. The van der Waals surface area contributed by atoms with Crippen molar-refractivity contribution < 1.29 is 17.9 Å². The van der Waals surface area contributed by atoms with E-state index in [1.165, 1.54) is 21.7 Å². The summed E-state index contributed by atoms with van der Waals surface area (Å²) in [6, 6.07) is 9.73. The van der Waals surface area contributed by atoms with E-state index in [9.17, 15) is 13.2 Å². The quantitative estimate of drug-likeness (QED) is 0.280.